The molecule has 0 spiro atoms. The fraction of sp³-hybridized carbons (Fsp3) is 0.231. The number of aliphatic imine (C=N–C) groups is 1. The van der Waals surface area contributed by atoms with E-state index in [0.29, 0.717) is 11.3 Å². The fourth-order valence-corrected chi connectivity index (χ4v) is 6.70. The lowest BCUT2D eigenvalue weighted by atomic mass is 10.1. The number of thioether (sulfide) groups is 1. The Hall–Kier alpha value is -3.03. The molecule has 1 saturated heterocycles. The van der Waals surface area contributed by atoms with Crippen molar-refractivity contribution in [3.8, 4) is 5.75 Å². The van der Waals surface area contributed by atoms with Crippen LogP contribution in [0.2, 0.25) is 0 Å². The first-order valence-electron chi connectivity index (χ1n) is 11.1. The number of thiazole rings is 1. The summed E-state index contributed by atoms with van der Waals surface area (Å²) in [7, 11) is 1.68. The van der Waals surface area contributed by atoms with Gasteiger partial charge in [0.05, 0.1) is 23.5 Å². The summed E-state index contributed by atoms with van der Waals surface area (Å²) in [5.74, 6) is 0.816. The highest BCUT2D eigenvalue weighted by atomic mass is 32.2. The van der Waals surface area contributed by atoms with E-state index in [1.54, 1.807) is 18.4 Å². The molecule has 1 unspecified atom stereocenters. The Morgan fingerprint density at radius 2 is 1.97 bits per heavy atom. The lowest BCUT2D eigenvalue weighted by Gasteiger charge is -2.09. The molecule has 2 atom stereocenters. The smallest absolute Gasteiger partial charge is 0.183 e. The van der Waals surface area contributed by atoms with Gasteiger partial charge in [0.15, 0.2) is 10.3 Å². The van der Waals surface area contributed by atoms with Crippen LogP contribution in [0, 0.1) is 0 Å². The highest BCUT2D eigenvalue weighted by Crippen LogP contribution is 2.43. The van der Waals surface area contributed by atoms with E-state index < -0.39 is 0 Å². The molecule has 7 heteroatoms. The van der Waals surface area contributed by atoms with Crippen molar-refractivity contribution in [2.24, 2.45) is 4.99 Å². The third kappa shape index (κ3) is 4.07. The Morgan fingerprint density at radius 3 is 2.85 bits per heavy atom. The molecule has 166 valence electrons. The molecular formula is C26H24N4OS2. The van der Waals surface area contributed by atoms with Gasteiger partial charge in [0.25, 0.3) is 0 Å². The van der Waals surface area contributed by atoms with Crippen LogP contribution < -0.4 is 15.4 Å². The summed E-state index contributed by atoms with van der Waals surface area (Å²) in [4.78, 5) is 9.54. The van der Waals surface area contributed by atoms with Crippen LogP contribution in [-0.2, 0) is 12.8 Å². The van der Waals surface area contributed by atoms with Crippen molar-refractivity contribution < 1.29 is 4.74 Å². The van der Waals surface area contributed by atoms with Crippen molar-refractivity contribution in [1.82, 2.24) is 10.3 Å². The van der Waals surface area contributed by atoms with E-state index in [9.17, 15) is 0 Å². The predicted octanol–water partition coefficient (Wildman–Crippen LogP) is 5.95. The summed E-state index contributed by atoms with van der Waals surface area (Å²) < 4.78 is 6.54. The average Bonchev–Trinajstić information content (AvgIpc) is 3.52. The van der Waals surface area contributed by atoms with Crippen LogP contribution >= 0.6 is 23.1 Å². The van der Waals surface area contributed by atoms with E-state index in [1.165, 1.54) is 16.7 Å². The topological polar surface area (TPSA) is 58.5 Å². The first-order chi connectivity index (χ1) is 16.3. The zero-order valence-corrected chi connectivity index (χ0v) is 19.9. The maximum Gasteiger partial charge on any atom is 0.183 e. The van der Waals surface area contributed by atoms with Crippen molar-refractivity contribution in [1.29, 1.82) is 0 Å². The molecule has 0 saturated carbocycles. The molecule has 0 bridgehead atoms. The van der Waals surface area contributed by atoms with Crippen molar-refractivity contribution in [2.75, 3.05) is 19.0 Å². The van der Waals surface area contributed by atoms with E-state index in [-0.39, 0.29) is 0 Å². The van der Waals surface area contributed by atoms with Gasteiger partial charge in [0.2, 0.25) is 0 Å². The number of amidine groups is 1. The Bertz CT molecular complexity index is 1330. The van der Waals surface area contributed by atoms with E-state index in [4.69, 9.17) is 9.73 Å². The summed E-state index contributed by atoms with van der Waals surface area (Å²) in [6, 6.07) is 23.7. The molecule has 2 N–H and O–H groups in total. The number of hydrogen-bond acceptors (Lipinski definition) is 6. The minimum absolute atomic E-state index is 0.387. The van der Waals surface area contributed by atoms with Gasteiger partial charge >= 0.3 is 0 Å². The van der Waals surface area contributed by atoms with E-state index in [2.05, 4.69) is 70.2 Å². The fourth-order valence-electron chi connectivity index (χ4n) is 4.54. The van der Waals surface area contributed by atoms with Gasteiger partial charge in [0, 0.05) is 11.8 Å². The van der Waals surface area contributed by atoms with Crippen molar-refractivity contribution >= 4 is 49.3 Å². The molecule has 5 nitrogen and oxygen atoms in total. The van der Waals surface area contributed by atoms with Crippen molar-refractivity contribution in [3.05, 3.63) is 83.4 Å². The molecule has 0 amide bonds. The van der Waals surface area contributed by atoms with Crippen LogP contribution in [0.4, 0.5) is 10.8 Å². The average molecular weight is 473 g/mol. The molecule has 4 aromatic rings. The van der Waals surface area contributed by atoms with Crippen LogP contribution in [0.3, 0.4) is 0 Å². The molecule has 1 fully saturated rings. The zero-order chi connectivity index (χ0) is 22.2. The second-order valence-electron chi connectivity index (χ2n) is 8.27. The van der Waals surface area contributed by atoms with Gasteiger partial charge in [-0.05, 0) is 53.8 Å². The molecule has 2 heterocycles. The Balaban J connectivity index is 1.06. The summed E-state index contributed by atoms with van der Waals surface area (Å²) in [5.41, 5.74) is 6.09. The Labute approximate surface area is 201 Å². The van der Waals surface area contributed by atoms with Crippen molar-refractivity contribution in [3.63, 3.8) is 0 Å². The lowest BCUT2D eigenvalue weighted by molar-refractivity contribution is 0.419. The highest BCUT2D eigenvalue weighted by molar-refractivity contribution is 8.14. The SMILES string of the molecule is COc1cccc2sc(NCCc3ccc(/N=C4/N[C@H]5c6ccccc6CC5S4)cc3)nc12. The van der Waals surface area contributed by atoms with Crippen LogP contribution in [0.1, 0.15) is 22.7 Å². The maximum absolute atomic E-state index is 5.41. The summed E-state index contributed by atoms with van der Waals surface area (Å²) >= 11 is 3.52. The number of aromatic nitrogens is 1. The molecule has 1 aliphatic carbocycles. The molecular weight excluding hydrogens is 448 g/mol. The monoisotopic (exact) mass is 472 g/mol. The Morgan fingerprint density at radius 1 is 1.09 bits per heavy atom. The predicted molar refractivity (Wildman–Crippen MR) is 139 cm³/mol. The number of rotatable bonds is 6. The number of anilines is 1. The number of nitrogens with zero attached hydrogens (tertiary/aromatic N) is 2. The molecule has 0 radical (unpaired) electrons. The van der Waals surface area contributed by atoms with E-state index in [0.717, 1.165) is 51.3 Å². The van der Waals surface area contributed by atoms with Gasteiger partial charge in [-0.1, -0.05) is 65.6 Å². The maximum atomic E-state index is 5.41. The lowest BCUT2D eigenvalue weighted by Crippen LogP contribution is -2.19. The van der Waals surface area contributed by atoms with Crippen LogP contribution in [0.25, 0.3) is 10.2 Å². The third-order valence-electron chi connectivity index (χ3n) is 6.18. The normalized spacial score (nSPS) is 20.0. The number of fused-ring (bicyclic) bond motifs is 4. The standard InChI is InChI=1S/C26H24N4OS2/c1-31-20-7-4-8-21-24(20)30-25(32-21)27-14-13-16-9-11-18(12-10-16)28-26-29-23-19-6-3-2-5-17(19)15-22(23)33-26/h2-12,22-23H,13-15H2,1H3,(H,27,30)(H,28,29)/t22?,23-/m0/s1. The number of para-hydroxylation sites is 1. The van der Waals surface area contributed by atoms with Crippen LogP contribution in [0.5, 0.6) is 5.75 Å². The zero-order valence-electron chi connectivity index (χ0n) is 18.2. The quantitative estimate of drug-likeness (QED) is 0.363. The molecule has 1 aliphatic heterocycles. The number of nitrogens with one attached hydrogen (secondary N) is 2. The second-order valence-corrected chi connectivity index (χ2v) is 10.5. The molecule has 33 heavy (non-hydrogen) atoms. The van der Waals surface area contributed by atoms with Gasteiger partial charge in [-0.2, -0.15) is 0 Å². The minimum Gasteiger partial charge on any atom is -0.494 e. The minimum atomic E-state index is 0.387. The molecule has 1 aromatic heterocycles. The van der Waals surface area contributed by atoms with Gasteiger partial charge < -0.3 is 15.4 Å². The number of hydrogen-bond donors (Lipinski definition) is 2. The van der Waals surface area contributed by atoms with Crippen molar-refractivity contribution in [2.45, 2.75) is 24.1 Å². The number of benzene rings is 3. The van der Waals surface area contributed by atoms with Crippen LogP contribution in [-0.4, -0.2) is 29.1 Å². The van der Waals surface area contributed by atoms with Gasteiger partial charge in [-0.25, -0.2) is 9.98 Å². The number of methoxy groups -OCH3 is 1. The largest absolute Gasteiger partial charge is 0.494 e. The molecule has 6 rings (SSSR count). The first-order valence-corrected chi connectivity index (χ1v) is 12.8. The summed E-state index contributed by atoms with van der Waals surface area (Å²) in [5, 5.41) is 9.58. The van der Waals surface area contributed by atoms with Crippen LogP contribution in [0.15, 0.2) is 71.7 Å². The van der Waals surface area contributed by atoms with Gasteiger partial charge in [-0.3, -0.25) is 0 Å². The molecule has 2 aliphatic rings. The highest BCUT2D eigenvalue weighted by Gasteiger charge is 2.39. The third-order valence-corrected chi connectivity index (χ3v) is 8.34. The Kier molecular flexibility index (Phi) is 5.44. The summed E-state index contributed by atoms with van der Waals surface area (Å²) in [6.45, 7) is 0.830. The van der Waals surface area contributed by atoms with E-state index in [1.807, 2.05) is 23.9 Å². The van der Waals surface area contributed by atoms with E-state index >= 15 is 0 Å². The van der Waals surface area contributed by atoms with Gasteiger partial charge in [0.1, 0.15) is 11.3 Å². The first kappa shape index (κ1) is 20.6. The van der Waals surface area contributed by atoms with Gasteiger partial charge in [-0.15, -0.1) is 0 Å². The summed E-state index contributed by atoms with van der Waals surface area (Å²) in [6.07, 6.45) is 2.04. The number of ether oxygens (including phenoxy) is 1. The second kappa shape index (κ2) is 8.72. The molecule has 3 aromatic carbocycles.